The second kappa shape index (κ2) is 4.00. The number of rotatable bonds is 2. The van der Waals surface area contributed by atoms with Crippen LogP contribution in [-0.4, -0.2) is 11.4 Å². The van der Waals surface area contributed by atoms with E-state index >= 15 is 0 Å². The Kier molecular flexibility index (Phi) is 2.70. The summed E-state index contributed by atoms with van der Waals surface area (Å²) in [5.74, 6) is 0. The number of oxime groups is 1. The quantitative estimate of drug-likeness (QED) is 0.178. The zero-order chi connectivity index (χ0) is 8.81. The Morgan fingerprint density at radius 2 is 2.17 bits per heavy atom. The van der Waals surface area contributed by atoms with Crippen LogP contribution in [0.2, 0.25) is 0 Å². The van der Waals surface area contributed by atoms with Gasteiger partial charge in [-0.1, -0.05) is 34.5 Å². The summed E-state index contributed by atoms with van der Waals surface area (Å²) in [6, 6.07) is 6.81. The highest BCUT2D eigenvalue weighted by Gasteiger charge is 1.94. The fourth-order valence-electron chi connectivity index (χ4n) is 0.798. The Balaban J connectivity index is 3.16. The van der Waals surface area contributed by atoms with Gasteiger partial charge in [0, 0.05) is 16.2 Å². The summed E-state index contributed by atoms with van der Waals surface area (Å²) in [4.78, 5) is 2.63. The Morgan fingerprint density at radius 1 is 1.42 bits per heavy atom. The van der Waals surface area contributed by atoms with Crippen molar-refractivity contribution in [3.8, 4) is 0 Å². The summed E-state index contributed by atoms with van der Waals surface area (Å²) in [6.07, 6.45) is 1.21. The first-order valence-electron chi connectivity index (χ1n) is 3.20. The van der Waals surface area contributed by atoms with E-state index in [1.807, 2.05) is 0 Å². The van der Waals surface area contributed by atoms with Crippen molar-refractivity contribution in [2.45, 2.75) is 0 Å². The van der Waals surface area contributed by atoms with E-state index in [-0.39, 0.29) is 0 Å². The van der Waals surface area contributed by atoms with E-state index in [1.165, 1.54) is 6.21 Å². The van der Waals surface area contributed by atoms with Gasteiger partial charge in [0.05, 0.1) is 6.21 Å². The highest BCUT2D eigenvalue weighted by molar-refractivity contribution is 5.85. The van der Waals surface area contributed by atoms with Crippen LogP contribution in [0.4, 0.5) is 5.69 Å². The third kappa shape index (κ3) is 1.74. The lowest BCUT2D eigenvalue weighted by Gasteiger charge is -1.94. The lowest BCUT2D eigenvalue weighted by molar-refractivity contribution is 0.322. The summed E-state index contributed by atoms with van der Waals surface area (Å²) in [5, 5.41) is 14.5. The summed E-state index contributed by atoms with van der Waals surface area (Å²) in [6.45, 7) is 0. The van der Waals surface area contributed by atoms with E-state index in [4.69, 9.17) is 10.7 Å². The molecule has 0 unspecified atom stereocenters. The van der Waals surface area contributed by atoms with Crippen LogP contribution in [0.25, 0.3) is 10.4 Å². The van der Waals surface area contributed by atoms with Crippen molar-refractivity contribution < 1.29 is 5.21 Å². The second-order valence-corrected chi connectivity index (χ2v) is 1.99. The van der Waals surface area contributed by atoms with Gasteiger partial charge in [-0.3, -0.25) is 0 Å². The molecule has 12 heavy (non-hydrogen) atoms. The van der Waals surface area contributed by atoms with Crippen LogP contribution in [0.15, 0.2) is 34.5 Å². The monoisotopic (exact) mass is 162 g/mol. The van der Waals surface area contributed by atoms with Gasteiger partial charge in [-0.25, -0.2) is 0 Å². The normalized spacial score (nSPS) is 9.67. The van der Waals surface area contributed by atoms with Gasteiger partial charge in [0.25, 0.3) is 0 Å². The minimum Gasteiger partial charge on any atom is -0.411 e. The number of azide groups is 1. The molecule has 1 N–H and O–H groups in total. The molecule has 1 rings (SSSR count). The average Bonchev–Trinajstić information content (AvgIpc) is 2.09. The summed E-state index contributed by atoms with van der Waals surface area (Å²) in [7, 11) is 0. The van der Waals surface area contributed by atoms with Crippen LogP contribution >= 0.6 is 0 Å². The van der Waals surface area contributed by atoms with Gasteiger partial charge in [0.2, 0.25) is 0 Å². The van der Waals surface area contributed by atoms with Gasteiger partial charge in [0.15, 0.2) is 0 Å². The van der Waals surface area contributed by atoms with Crippen LogP contribution in [0.3, 0.4) is 0 Å². The van der Waals surface area contributed by atoms with Crippen molar-refractivity contribution in [1.29, 1.82) is 0 Å². The molecule has 5 nitrogen and oxygen atoms in total. The lowest BCUT2D eigenvalue weighted by Crippen LogP contribution is -1.79. The zero-order valence-corrected chi connectivity index (χ0v) is 6.12. The first kappa shape index (κ1) is 8.10. The van der Waals surface area contributed by atoms with E-state index in [0.29, 0.717) is 11.3 Å². The number of benzene rings is 1. The van der Waals surface area contributed by atoms with Crippen molar-refractivity contribution in [1.82, 2.24) is 0 Å². The smallest absolute Gasteiger partial charge is 0.0738 e. The fourth-order valence-corrected chi connectivity index (χ4v) is 0.798. The van der Waals surface area contributed by atoms with Gasteiger partial charge in [-0.2, -0.15) is 0 Å². The Hall–Kier alpha value is -2.00. The molecule has 0 aliphatic heterocycles. The van der Waals surface area contributed by atoms with E-state index in [9.17, 15) is 0 Å². The maximum absolute atomic E-state index is 8.25. The lowest BCUT2D eigenvalue weighted by atomic mass is 10.2. The molecule has 0 saturated carbocycles. The molecular weight excluding hydrogens is 156 g/mol. The molecule has 0 bridgehead atoms. The predicted octanol–water partition coefficient (Wildman–Crippen LogP) is 2.44. The van der Waals surface area contributed by atoms with Crippen molar-refractivity contribution in [2.75, 3.05) is 0 Å². The van der Waals surface area contributed by atoms with E-state index < -0.39 is 0 Å². The second-order valence-electron chi connectivity index (χ2n) is 1.99. The van der Waals surface area contributed by atoms with E-state index in [2.05, 4.69) is 15.2 Å². The molecule has 5 heteroatoms. The number of nitrogens with zero attached hydrogens (tertiary/aromatic N) is 4. The standard InChI is InChI=1S/C7H6N4O/c8-11-10-7-4-2-1-3-6(7)5-9-12/h1-5,12H/b9-5+. The third-order valence-corrected chi connectivity index (χ3v) is 1.29. The van der Waals surface area contributed by atoms with Crippen LogP contribution in [0.5, 0.6) is 0 Å². The highest BCUT2D eigenvalue weighted by atomic mass is 16.4. The van der Waals surface area contributed by atoms with E-state index in [1.54, 1.807) is 24.3 Å². The molecule has 1 aromatic rings. The molecule has 60 valence electrons. The maximum Gasteiger partial charge on any atom is 0.0738 e. The van der Waals surface area contributed by atoms with Gasteiger partial charge in [-0.15, -0.1) is 0 Å². The van der Waals surface area contributed by atoms with Gasteiger partial charge >= 0.3 is 0 Å². The van der Waals surface area contributed by atoms with Crippen LogP contribution in [-0.2, 0) is 0 Å². The molecule has 1 aromatic carbocycles. The van der Waals surface area contributed by atoms with Crippen molar-refractivity contribution >= 4 is 11.9 Å². The molecule has 0 fully saturated rings. The molecule has 0 radical (unpaired) electrons. The van der Waals surface area contributed by atoms with Crippen molar-refractivity contribution in [3.05, 3.63) is 40.3 Å². The summed E-state index contributed by atoms with van der Waals surface area (Å²) >= 11 is 0. The Bertz CT molecular complexity index is 341. The number of hydrogen-bond acceptors (Lipinski definition) is 3. The molecule has 0 heterocycles. The molecule has 0 amide bonds. The van der Waals surface area contributed by atoms with Crippen molar-refractivity contribution in [3.63, 3.8) is 0 Å². The minimum absolute atomic E-state index is 0.442. The van der Waals surface area contributed by atoms with Gasteiger partial charge in [0.1, 0.15) is 0 Å². The molecule has 0 spiro atoms. The van der Waals surface area contributed by atoms with E-state index in [0.717, 1.165) is 0 Å². The third-order valence-electron chi connectivity index (χ3n) is 1.29. The first-order chi connectivity index (χ1) is 5.88. The molecule has 0 aromatic heterocycles. The molecule has 0 saturated heterocycles. The van der Waals surface area contributed by atoms with Gasteiger partial charge < -0.3 is 5.21 Å². The van der Waals surface area contributed by atoms with Crippen LogP contribution in [0, 0.1) is 0 Å². The zero-order valence-electron chi connectivity index (χ0n) is 6.12. The molecule has 0 aliphatic carbocycles. The Morgan fingerprint density at radius 3 is 2.83 bits per heavy atom. The van der Waals surface area contributed by atoms with Gasteiger partial charge in [-0.05, 0) is 5.53 Å². The molecular formula is C7H6N4O. The summed E-state index contributed by atoms with van der Waals surface area (Å²) < 4.78 is 0. The fraction of sp³-hybridized carbons (Fsp3) is 0. The molecule has 0 aliphatic rings. The van der Waals surface area contributed by atoms with Crippen LogP contribution in [0.1, 0.15) is 5.56 Å². The Labute approximate surface area is 68.6 Å². The van der Waals surface area contributed by atoms with Crippen LogP contribution < -0.4 is 0 Å². The first-order valence-corrected chi connectivity index (χ1v) is 3.20. The molecule has 0 atom stereocenters. The minimum atomic E-state index is 0.442. The average molecular weight is 162 g/mol. The predicted molar refractivity (Wildman–Crippen MR) is 44.6 cm³/mol. The maximum atomic E-state index is 8.25. The number of hydrogen-bond donors (Lipinski definition) is 1. The SMILES string of the molecule is [N-]=[N+]=Nc1ccccc1/C=N/O. The van der Waals surface area contributed by atoms with Crippen molar-refractivity contribution in [2.24, 2.45) is 10.3 Å². The largest absolute Gasteiger partial charge is 0.411 e. The summed E-state index contributed by atoms with van der Waals surface area (Å²) in [5.41, 5.74) is 9.19. The highest BCUT2D eigenvalue weighted by Crippen LogP contribution is 2.16. The topological polar surface area (TPSA) is 81.4 Å².